The van der Waals surface area contributed by atoms with Gasteiger partial charge in [-0.15, -0.1) is 0 Å². The fourth-order valence-electron chi connectivity index (χ4n) is 3.55. The third kappa shape index (κ3) is 15.2. The van der Waals surface area contributed by atoms with Crippen molar-refractivity contribution < 1.29 is 34.1 Å². The summed E-state index contributed by atoms with van der Waals surface area (Å²) in [5, 5.41) is 29.4. The number of amides is 2. The zero-order chi connectivity index (χ0) is 28.9. The summed E-state index contributed by atoms with van der Waals surface area (Å²) in [7, 11) is 0. The first-order valence-corrected chi connectivity index (χ1v) is 13.3. The maximum Gasteiger partial charge on any atom is 0.408 e. The Morgan fingerprint density at radius 3 is 1.92 bits per heavy atom. The van der Waals surface area contributed by atoms with Crippen LogP contribution in [-0.4, -0.2) is 60.0 Å². The SMILES string of the molecule is CCOC(=O)[C@H](CCCCN/C(C)=C/O)NC(=O)[C@H](CCCCN/C(C)=C/O)NC(=O)OCc1ccccc1. The van der Waals surface area contributed by atoms with Gasteiger partial charge in [-0.1, -0.05) is 30.3 Å². The van der Waals surface area contributed by atoms with Crippen LogP contribution in [0.25, 0.3) is 0 Å². The number of hydrogen-bond acceptors (Lipinski definition) is 9. The molecule has 0 saturated carbocycles. The molecule has 0 fully saturated rings. The summed E-state index contributed by atoms with van der Waals surface area (Å²) in [6, 6.07) is 7.41. The number of esters is 1. The molecule has 6 N–H and O–H groups in total. The lowest BCUT2D eigenvalue weighted by Crippen LogP contribution is -2.52. The predicted molar refractivity (Wildman–Crippen MR) is 149 cm³/mol. The van der Waals surface area contributed by atoms with Crippen molar-refractivity contribution in [3.63, 3.8) is 0 Å². The quantitative estimate of drug-likeness (QED) is 0.0861. The molecule has 1 aromatic carbocycles. The fraction of sp³-hybridized carbons (Fsp3) is 0.536. The monoisotopic (exact) mass is 548 g/mol. The molecule has 1 aromatic rings. The molecular weight excluding hydrogens is 504 g/mol. The number of aliphatic hydroxyl groups is 2. The number of alkyl carbamates (subject to hydrolysis) is 1. The third-order valence-corrected chi connectivity index (χ3v) is 5.74. The van der Waals surface area contributed by atoms with Gasteiger partial charge in [-0.25, -0.2) is 9.59 Å². The fourth-order valence-corrected chi connectivity index (χ4v) is 3.55. The second-order valence-corrected chi connectivity index (χ2v) is 9.04. The average Bonchev–Trinajstić information content (AvgIpc) is 2.94. The number of hydrogen-bond donors (Lipinski definition) is 6. The molecule has 0 saturated heterocycles. The first-order chi connectivity index (χ1) is 18.8. The van der Waals surface area contributed by atoms with Crippen molar-refractivity contribution in [2.24, 2.45) is 0 Å². The zero-order valence-corrected chi connectivity index (χ0v) is 23.2. The van der Waals surface area contributed by atoms with Crippen LogP contribution in [0, 0.1) is 0 Å². The van der Waals surface area contributed by atoms with Crippen molar-refractivity contribution in [2.75, 3.05) is 19.7 Å². The van der Waals surface area contributed by atoms with Crippen LogP contribution in [0.1, 0.15) is 64.9 Å². The van der Waals surface area contributed by atoms with E-state index >= 15 is 0 Å². The van der Waals surface area contributed by atoms with Gasteiger partial charge in [-0.3, -0.25) is 4.79 Å². The van der Waals surface area contributed by atoms with E-state index in [1.807, 2.05) is 30.3 Å². The molecule has 1 rings (SSSR count). The summed E-state index contributed by atoms with van der Waals surface area (Å²) in [5.41, 5.74) is 2.08. The molecule has 218 valence electrons. The van der Waals surface area contributed by atoms with Crippen molar-refractivity contribution >= 4 is 18.0 Å². The molecule has 0 bridgehead atoms. The molecule has 39 heavy (non-hydrogen) atoms. The van der Waals surface area contributed by atoms with E-state index in [1.54, 1.807) is 20.8 Å². The van der Waals surface area contributed by atoms with E-state index < -0.39 is 30.1 Å². The van der Waals surface area contributed by atoms with Gasteiger partial charge in [0.2, 0.25) is 5.91 Å². The van der Waals surface area contributed by atoms with Crippen molar-refractivity contribution in [1.29, 1.82) is 0 Å². The van der Waals surface area contributed by atoms with Crippen LogP contribution in [0.5, 0.6) is 0 Å². The maximum atomic E-state index is 13.2. The number of rotatable bonds is 19. The van der Waals surface area contributed by atoms with Gasteiger partial charge >= 0.3 is 12.1 Å². The topological polar surface area (TPSA) is 158 Å². The van der Waals surface area contributed by atoms with Gasteiger partial charge in [0.1, 0.15) is 18.7 Å². The van der Waals surface area contributed by atoms with Gasteiger partial charge in [0.05, 0.1) is 19.1 Å². The molecule has 0 heterocycles. The number of benzene rings is 1. The van der Waals surface area contributed by atoms with Gasteiger partial charge in [-0.2, -0.15) is 0 Å². The Bertz CT molecular complexity index is 922. The van der Waals surface area contributed by atoms with Gasteiger partial charge in [-0.05, 0) is 64.9 Å². The van der Waals surface area contributed by atoms with Crippen LogP contribution in [0.4, 0.5) is 4.79 Å². The lowest BCUT2D eigenvalue weighted by atomic mass is 10.1. The standard InChI is InChI=1S/C28H44N4O7/c1-4-38-27(36)25(15-9-11-17-30-22(3)19-34)31-26(35)24(14-8-10-16-29-21(2)18-33)32-28(37)39-20-23-12-6-5-7-13-23/h5-7,12-13,18-19,24-25,29-30,33-34H,4,8-11,14-17,20H2,1-3H3,(H,31,35)(H,32,37)/b21-18+,22-19+/t24-,25-/m0/s1. The maximum absolute atomic E-state index is 13.2. The smallest absolute Gasteiger partial charge is 0.408 e. The molecule has 0 aliphatic rings. The number of ether oxygens (including phenoxy) is 2. The molecule has 2 amide bonds. The molecule has 11 nitrogen and oxygen atoms in total. The van der Waals surface area contributed by atoms with Crippen LogP contribution in [0.3, 0.4) is 0 Å². The number of aliphatic hydroxyl groups excluding tert-OH is 2. The normalized spacial score (nSPS) is 13.1. The molecule has 0 unspecified atom stereocenters. The summed E-state index contributed by atoms with van der Waals surface area (Å²) in [6.45, 7) is 6.58. The highest BCUT2D eigenvalue weighted by Crippen LogP contribution is 2.08. The lowest BCUT2D eigenvalue weighted by Gasteiger charge is -2.22. The van der Waals surface area contributed by atoms with Gasteiger partial charge in [0, 0.05) is 24.5 Å². The van der Waals surface area contributed by atoms with Gasteiger partial charge < -0.3 is 41.0 Å². The minimum absolute atomic E-state index is 0.0577. The molecule has 2 atom stereocenters. The Balaban J connectivity index is 2.77. The number of unbranched alkanes of at least 4 members (excludes halogenated alkanes) is 2. The van der Waals surface area contributed by atoms with Crippen LogP contribution in [-0.2, 0) is 25.7 Å². The highest BCUT2D eigenvalue weighted by atomic mass is 16.5. The second kappa shape index (κ2) is 20.1. The Hall–Kier alpha value is -3.89. The molecule has 0 aromatic heterocycles. The zero-order valence-electron chi connectivity index (χ0n) is 23.2. The van der Waals surface area contributed by atoms with E-state index in [0.29, 0.717) is 63.0 Å². The summed E-state index contributed by atoms with van der Waals surface area (Å²) in [5.74, 6) is -1.03. The first-order valence-electron chi connectivity index (χ1n) is 13.3. The van der Waals surface area contributed by atoms with Crippen molar-refractivity contribution in [3.05, 3.63) is 59.8 Å². The Morgan fingerprint density at radius 1 is 0.821 bits per heavy atom. The minimum Gasteiger partial charge on any atom is -0.514 e. The van der Waals surface area contributed by atoms with Crippen LogP contribution in [0.2, 0.25) is 0 Å². The van der Waals surface area contributed by atoms with Gasteiger partial charge in [0.15, 0.2) is 0 Å². The van der Waals surface area contributed by atoms with Crippen LogP contribution < -0.4 is 21.3 Å². The number of carbonyl (C=O) groups excluding carboxylic acids is 3. The van der Waals surface area contributed by atoms with Crippen LogP contribution >= 0.6 is 0 Å². The highest BCUT2D eigenvalue weighted by molar-refractivity contribution is 5.89. The van der Waals surface area contributed by atoms with E-state index in [-0.39, 0.29) is 13.2 Å². The molecule has 0 aliphatic carbocycles. The second-order valence-electron chi connectivity index (χ2n) is 9.04. The van der Waals surface area contributed by atoms with Crippen molar-refractivity contribution in [3.8, 4) is 0 Å². The number of allylic oxidation sites excluding steroid dienone is 2. The minimum atomic E-state index is -0.918. The van der Waals surface area contributed by atoms with Crippen molar-refractivity contribution in [2.45, 2.75) is 78.0 Å². The van der Waals surface area contributed by atoms with E-state index in [4.69, 9.17) is 19.7 Å². The molecule has 0 spiro atoms. The number of carbonyl (C=O) groups is 3. The molecule has 0 aliphatic heterocycles. The van der Waals surface area contributed by atoms with Crippen LogP contribution in [0.15, 0.2) is 54.3 Å². The van der Waals surface area contributed by atoms with E-state index in [9.17, 15) is 14.4 Å². The van der Waals surface area contributed by atoms with E-state index in [2.05, 4.69) is 21.3 Å². The Labute approximate surface area is 231 Å². The lowest BCUT2D eigenvalue weighted by molar-refractivity contribution is -0.147. The molecule has 11 heteroatoms. The highest BCUT2D eigenvalue weighted by Gasteiger charge is 2.27. The Morgan fingerprint density at radius 2 is 1.38 bits per heavy atom. The molecular formula is C28H44N4O7. The summed E-state index contributed by atoms with van der Waals surface area (Å²) in [4.78, 5) is 38.3. The predicted octanol–water partition coefficient (Wildman–Crippen LogP) is 3.69. The first kappa shape index (κ1) is 33.1. The average molecular weight is 549 g/mol. The summed E-state index contributed by atoms with van der Waals surface area (Å²) >= 11 is 0. The van der Waals surface area contributed by atoms with E-state index in [0.717, 1.165) is 18.1 Å². The van der Waals surface area contributed by atoms with E-state index in [1.165, 1.54) is 0 Å². The Kier molecular flexibility index (Phi) is 17.1. The summed E-state index contributed by atoms with van der Waals surface area (Å²) < 4.78 is 10.4. The number of nitrogens with one attached hydrogen (secondary N) is 4. The molecule has 0 radical (unpaired) electrons. The van der Waals surface area contributed by atoms with Gasteiger partial charge in [0.25, 0.3) is 0 Å². The third-order valence-electron chi connectivity index (χ3n) is 5.74. The largest absolute Gasteiger partial charge is 0.514 e. The van der Waals surface area contributed by atoms with Crippen molar-refractivity contribution in [1.82, 2.24) is 21.3 Å². The summed E-state index contributed by atoms with van der Waals surface area (Å²) in [6.07, 6.45) is 4.52.